The van der Waals surface area contributed by atoms with Crippen LogP contribution < -0.4 is 0 Å². The molecular weight excluding hydrogens is 79.3 g/mol. The topological polar surface area (TPSA) is 40.5 Å². The molecule has 0 aliphatic rings. The molecule has 0 aromatic carbocycles. The summed E-state index contributed by atoms with van der Waals surface area (Å²) in [6.45, 7) is 0. The third kappa shape index (κ3) is 9.35. The maximum atomic E-state index is 6.00. The Labute approximate surface area is 62.6 Å². The molecule has 0 heterocycles. The van der Waals surface area contributed by atoms with Gasteiger partial charge in [0.1, 0.15) is 0 Å². The van der Waals surface area contributed by atoms with Gasteiger partial charge in [0.2, 0.25) is 0 Å². The first-order valence-electron chi connectivity index (χ1n) is 0.200. The Hall–Kier alpha value is 1.69. The van der Waals surface area contributed by atoms with E-state index in [4.69, 9.17) is 10.5 Å². The van der Waals surface area contributed by atoms with Gasteiger partial charge in [-0.25, -0.2) is 0 Å². The molecule has 2 N–H and O–H groups in total. The van der Waals surface area contributed by atoms with Crippen molar-refractivity contribution in [3.8, 4) is 0 Å². The van der Waals surface area contributed by atoms with Gasteiger partial charge in [-0.1, -0.05) is 0 Å². The zero-order chi connectivity index (χ0) is 2.00. The SMILES string of the molecule is OO.[MgH2].[NaH]. The normalized spacial score (nSPS) is 1.50. The molecule has 0 spiro atoms. The van der Waals surface area contributed by atoms with Gasteiger partial charge in [-0.2, -0.15) is 0 Å². The fourth-order valence-electron chi connectivity index (χ4n) is 0. The van der Waals surface area contributed by atoms with Crippen molar-refractivity contribution in [3.63, 3.8) is 0 Å². The molecular formula is H5MgNaO2. The Morgan fingerprint density at radius 3 is 1.00 bits per heavy atom. The second kappa shape index (κ2) is 22.4. The van der Waals surface area contributed by atoms with Gasteiger partial charge in [0, 0.05) is 0 Å². The minimum absolute atomic E-state index is 0. The molecule has 0 aliphatic heterocycles. The molecule has 0 saturated carbocycles. The van der Waals surface area contributed by atoms with Gasteiger partial charge in [-0.05, 0) is 0 Å². The van der Waals surface area contributed by atoms with Crippen LogP contribution in [0.3, 0.4) is 0 Å². The van der Waals surface area contributed by atoms with E-state index in [1.54, 1.807) is 0 Å². The molecule has 0 saturated heterocycles. The molecule has 20 valence electrons. The van der Waals surface area contributed by atoms with Crippen molar-refractivity contribution in [2.75, 3.05) is 0 Å². The number of rotatable bonds is 0. The minimum atomic E-state index is 0. The summed E-state index contributed by atoms with van der Waals surface area (Å²) in [6, 6.07) is 0. The fourth-order valence-corrected chi connectivity index (χ4v) is 0. The van der Waals surface area contributed by atoms with E-state index in [1.807, 2.05) is 0 Å². The van der Waals surface area contributed by atoms with Crippen molar-refractivity contribution in [3.05, 3.63) is 0 Å². The van der Waals surface area contributed by atoms with Crippen LogP contribution in [-0.2, 0) is 0 Å². The Balaban J connectivity index is -0.00000000500. The molecule has 0 amide bonds. The standard InChI is InChI=1S/Mg.Na.H2O2.3H/c;;1-2;;;/h;;1-2H;;;. The van der Waals surface area contributed by atoms with Gasteiger partial charge >= 0.3 is 52.6 Å². The Kier molecular flexibility index (Phi) is 96.9. The van der Waals surface area contributed by atoms with E-state index < -0.39 is 0 Å². The van der Waals surface area contributed by atoms with E-state index in [2.05, 4.69) is 0 Å². The summed E-state index contributed by atoms with van der Waals surface area (Å²) in [7, 11) is 0. The molecule has 0 aliphatic carbocycles. The number of hydrogen-bond donors (Lipinski definition) is 2. The summed E-state index contributed by atoms with van der Waals surface area (Å²) in [5.41, 5.74) is 0. The zero-order valence-electron chi connectivity index (χ0n) is 0.894. The maximum absolute atomic E-state index is 6.00. The van der Waals surface area contributed by atoms with Gasteiger partial charge in [0.15, 0.2) is 0 Å². The molecule has 4 heavy (non-hydrogen) atoms. The van der Waals surface area contributed by atoms with Gasteiger partial charge in [0.25, 0.3) is 0 Å². The van der Waals surface area contributed by atoms with Crippen molar-refractivity contribution in [1.29, 1.82) is 0 Å². The first-order chi connectivity index (χ1) is 1.00. The van der Waals surface area contributed by atoms with E-state index in [-0.39, 0.29) is 52.6 Å². The molecule has 0 rings (SSSR count). The zero-order valence-corrected chi connectivity index (χ0v) is 0.894. The molecule has 0 atom stereocenters. The van der Waals surface area contributed by atoms with Crippen LogP contribution in [0.1, 0.15) is 0 Å². The quantitative estimate of drug-likeness (QED) is 0.212. The van der Waals surface area contributed by atoms with Crippen LogP contribution in [0.4, 0.5) is 0 Å². The molecule has 0 bridgehead atoms. The van der Waals surface area contributed by atoms with Crippen LogP contribution >= 0.6 is 0 Å². The Bertz CT molecular complexity index is 6.00. The summed E-state index contributed by atoms with van der Waals surface area (Å²) in [6.07, 6.45) is 0. The summed E-state index contributed by atoms with van der Waals surface area (Å²) in [5.74, 6) is 0. The molecule has 0 aromatic heterocycles. The first-order valence-corrected chi connectivity index (χ1v) is 0.200. The Morgan fingerprint density at radius 1 is 1.00 bits per heavy atom. The predicted octanol–water partition coefficient (Wildman–Crippen LogP) is -1.55. The van der Waals surface area contributed by atoms with Gasteiger partial charge in [-0.3, -0.25) is 10.5 Å². The van der Waals surface area contributed by atoms with E-state index in [0.717, 1.165) is 0 Å². The number of hydrogen-bond acceptors (Lipinski definition) is 2. The monoisotopic (exact) mass is 84.0 g/mol. The van der Waals surface area contributed by atoms with Crippen molar-refractivity contribution >= 4 is 52.6 Å². The molecule has 0 fully saturated rings. The van der Waals surface area contributed by atoms with Crippen LogP contribution in [0.15, 0.2) is 0 Å². The van der Waals surface area contributed by atoms with Crippen molar-refractivity contribution < 1.29 is 10.5 Å². The first kappa shape index (κ1) is 17.3. The van der Waals surface area contributed by atoms with Crippen LogP contribution in [0.25, 0.3) is 0 Å². The fraction of sp³-hybridized carbons (Fsp3) is 0. The van der Waals surface area contributed by atoms with Gasteiger partial charge in [0.05, 0.1) is 0 Å². The molecule has 0 unspecified atom stereocenters. The molecule has 4 heteroatoms. The average Bonchev–Trinajstić information content (AvgIpc) is 1.00. The van der Waals surface area contributed by atoms with E-state index in [9.17, 15) is 0 Å². The predicted molar refractivity (Wildman–Crippen MR) is 21.0 cm³/mol. The molecule has 0 aromatic rings. The third-order valence-corrected chi connectivity index (χ3v) is 0. The van der Waals surface area contributed by atoms with Gasteiger partial charge in [-0.15, -0.1) is 0 Å². The summed E-state index contributed by atoms with van der Waals surface area (Å²) in [4.78, 5) is 0. The summed E-state index contributed by atoms with van der Waals surface area (Å²) >= 11 is 0. The summed E-state index contributed by atoms with van der Waals surface area (Å²) < 4.78 is 0. The second-order valence-corrected chi connectivity index (χ2v) is 0. The Morgan fingerprint density at radius 2 is 1.00 bits per heavy atom. The molecule has 0 radical (unpaired) electrons. The third-order valence-electron chi connectivity index (χ3n) is 0. The van der Waals surface area contributed by atoms with Crippen LogP contribution in [0.2, 0.25) is 0 Å². The van der Waals surface area contributed by atoms with Crippen molar-refractivity contribution in [1.82, 2.24) is 0 Å². The second-order valence-electron chi connectivity index (χ2n) is 0. The average molecular weight is 84.3 g/mol. The van der Waals surface area contributed by atoms with E-state index >= 15 is 0 Å². The van der Waals surface area contributed by atoms with Crippen molar-refractivity contribution in [2.24, 2.45) is 0 Å². The van der Waals surface area contributed by atoms with E-state index in [1.165, 1.54) is 0 Å². The van der Waals surface area contributed by atoms with Crippen LogP contribution in [0.5, 0.6) is 0 Å². The van der Waals surface area contributed by atoms with Crippen molar-refractivity contribution in [2.45, 2.75) is 0 Å². The molecule has 2 nitrogen and oxygen atoms in total. The summed E-state index contributed by atoms with van der Waals surface area (Å²) in [5, 5.41) is 12.0. The van der Waals surface area contributed by atoms with Crippen LogP contribution in [-0.4, -0.2) is 63.1 Å². The van der Waals surface area contributed by atoms with E-state index in [0.29, 0.717) is 0 Å². The van der Waals surface area contributed by atoms with Gasteiger partial charge < -0.3 is 0 Å². The van der Waals surface area contributed by atoms with Crippen LogP contribution in [0, 0.1) is 0 Å².